The maximum absolute atomic E-state index is 12.8. The van der Waals surface area contributed by atoms with Gasteiger partial charge in [0, 0.05) is 4.47 Å². The van der Waals surface area contributed by atoms with Gasteiger partial charge < -0.3 is 4.74 Å². The van der Waals surface area contributed by atoms with Gasteiger partial charge in [-0.15, -0.1) is 0 Å². The predicted octanol–water partition coefficient (Wildman–Crippen LogP) is 2.59. The average molecular weight is 348 g/mol. The molecule has 3 heterocycles. The number of carbonyl (C=O) groups excluding carboxylic acids is 2. The highest BCUT2D eigenvalue weighted by atomic mass is 79.9. The van der Waals surface area contributed by atoms with E-state index in [1.165, 1.54) is 4.90 Å². The van der Waals surface area contributed by atoms with E-state index in [4.69, 9.17) is 4.74 Å². The lowest BCUT2D eigenvalue weighted by Gasteiger charge is -2.24. The van der Waals surface area contributed by atoms with Crippen molar-refractivity contribution in [3.63, 3.8) is 0 Å². The number of anilines is 1. The molecule has 4 rings (SSSR count). The summed E-state index contributed by atoms with van der Waals surface area (Å²) >= 11 is 3.45. The largest absolute Gasteiger partial charge is 0.362 e. The number of imide groups is 1. The Morgan fingerprint density at radius 3 is 2.71 bits per heavy atom. The molecule has 0 radical (unpaired) electrons. The summed E-state index contributed by atoms with van der Waals surface area (Å²) in [5.74, 6) is -1.10. The van der Waals surface area contributed by atoms with Crippen LogP contribution in [0.15, 0.2) is 34.8 Å². The molecule has 2 amide bonds. The fourth-order valence-electron chi connectivity index (χ4n) is 3.63. The van der Waals surface area contributed by atoms with Crippen molar-refractivity contribution in [3.8, 4) is 0 Å². The van der Waals surface area contributed by atoms with Crippen LogP contribution >= 0.6 is 15.9 Å². The molecule has 2 saturated heterocycles. The Kier molecular flexibility index (Phi) is 2.55. The number of nitrogens with zero attached hydrogens (tertiary/aromatic N) is 1. The number of carbonyl (C=O) groups is 2. The van der Waals surface area contributed by atoms with Gasteiger partial charge in [0.05, 0.1) is 29.2 Å². The highest BCUT2D eigenvalue weighted by molar-refractivity contribution is 9.10. The van der Waals surface area contributed by atoms with Gasteiger partial charge in [-0.1, -0.05) is 34.1 Å². The fourth-order valence-corrected chi connectivity index (χ4v) is 3.99. The van der Waals surface area contributed by atoms with E-state index >= 15 is 0 Å². The zero-order chi connectivity index (χ0) is 14.9. The molecule has 21 heavy (non-hydrogen) atoms. The second-order valence-electron chi connectivity index (χ2n) is 6.07. The average Bonchev–Trinajstić information content (AvgIpc) is 3.03. The van der Waals surface area contributed by atoms with Crippen LogP contribution in [0.3, 0.4) is 0 Å². The molecule has 5 heteroatoms. The Balaban J connectivity index is 1.78. The molecule has 2 fully saturated rings. The van der Waals surface area contributed by atoms with Gasteiger partial charge in [0.15, 0.2) is 0 Å². The van der Waals surface area contributed by atoms with Gasteiger partial charge in [-0.05, 0) is 31.5 Å². The second kappa shape index (κ2) is 4.05. The van der Waals surface area contributed by atoms with Crippen molar-refractivity contribution < 1.29 is 14.3 Å². The summed E-state index contributed by atoms with van der Waals surface area (Å²) < 4.78 is 6.70. The van der Waals surface area contributed by atoms with Crippen LogP contribution < -0.4 is 4.90 Å². The first-order valence-electron chi connectivity index (χ1n) is 6.93. The molecule has 108 valence electrons. The number of ether oxygens (including phenoxy) is 1. The van der Waals surface area contributed by atoms with E-state index in [0.717, 1.165) is 10.0 Å². The van der Waals surface area contributed by atoms with Crippen molar-refractivity contribution >= 4 is 33.4 Å². The monoisotopic (exact) mass is 347 g/mol. The third kappa shape index (κ3) is 1.59. The number of amides is 2. The zero-order valence-corrected chi connectivity index (χ0v) is 13.3. The molecule has 0 spiro atoms. The van der Waals surface area contributed by atoms with Crippen molar-refractivity contribution in [2.24, 2.45) is 11.8 Å². The van der Waals surface area contributed by atoms with Crippen LogP contribution in [0.1, 0.15) is 12.5 Å². The van der Waals surface area contributed by atoms with Crippen LogP contribution in [0.25, 0.3) is 0 Å². The van der Waals surface area contributed by atoms with Crippen LogP contribution in [0.2, 0.25) is 0 Å². The minimum Gasteiger partial charge on any atom is -0.362 e. The topological polar surface area (TPSA) is 46.6 Å². The summed E-state index contributed by atoms with van der Waals surface area (Å²) in [5.41, 5.74) is 1.05. The minimum atomic E-state index is -0.640. The van der Waals surface area contributed by atoms with Gasteiger partial charge in [0.2, 0.25) is 11.8 Å². The van der Waals surface area contributed by atoms with E-state index in [2.05, 4.69) is 15.9 Å². The van der Waals surface area contributed by atoms with Crippen LogP contribution in [-0.4, -0.2) is 23.5 Å². The molecular weight excluding hydrogens is 334 g/mol. The quantitative estimate of drug-likeness (QED) is 0.579. The first-order chi connectivity index (χ1) is 9.92. The molecule has 3 aliphatic heterocycles. The second-order valence-corrected chi connectivity index (χ2v) is 6.93. The molecule has 4 atom stereocenters. The molecule has 0 aromatic heterocycles. The SMILES string of the molecule is Cc1ccc(N2C(=O)[C@H]3[C@@H]4C=C[C@](C)(O4)[C@@H]3C2=O)cc1Br. The third-order valence-corrected chi connectivity index (χ3v) is 5.60. The van der Waals surface area contributed by atoms with Gasteiger partial charge in [0.25, 0.3) is 0 Å². The first-order valence-corrected chi connectivity index (χ1v) is 7.73. The first kappa shape index (κ1) is 13.2. The van der Waals surface area contributed by atoms with E-state index in [1.54, 1.807) is 0 Å². The van der Waals surface area contributed by atoms with Crippen LogP contribution in [0, 0.1) is 18.8 Å². The summed E-state index contributed by atoms with van der Waals surface area (Å²) in [5, 5.41) is 0. The van der Waals surface area contributed by atoms with Gasteiger partial charge in [-0.3, -0.25) is 9.59 Å². The van der Waals surface area contributed by atoms with Gasteiger partial charge in [0.1, 0.15) is 0 Å². The van der Waals surface area contributed by atoms with Crippen LogP contribution in [0.4, 0.5) is 5.69 Å². The number of halogens is 1. The summed E-state index contributed by atoms with van der Waals surface area (Å²) in [6.45, 7) is 3.85. The Hall–Kier alpha value is -1.46. The third-order valence-electron chi connectivity index (χ3n) is 4.74. The van der Waals surface area contributed by atoms with E-state index in [0.29, 0.717) is 5.69 Å². The number of hydrogen-bond donors (Lipinski definition) is 0. The number of rotatable bonds is 1. The van der Waals surface area contributed by atoms with Crippen molar-refractivity contribution in [3.05, 3.63) is 40.4 Å². The van der Waals surface area contributed by atoms with E-state index in [9.17, 15) is 9.59 Å². The molecule has 2 bridgehead atoms. The van der Waals surface area contributed by atoms with Crippen LogP contribution in [0.5, 0.6) is 0 Å². The van der Waals surface area contributed by atoms with Crippen molar-refractivity contribution in [2.75, 3.05) is 4.90 Å². The number of aryl methyl sites for hydroxylation is 1. The summed E-state index contributed by atoms with van der Waals surface area (Å²) in [7, 11) is 0. The zero-order valence-electron chi connectivity index (χ0n) is 11.7. The smallest absolute Gasteiger partial charge is 0.241 e. The maximum Gasteiger partial charge on any atom is 0.241 e. The highest BCUT2D eigenvalue weighted by Crippen LogP contribution is 2.52. The lowest BCUT2D eigenvalue weighted by molar-refractivity contribution is -0.126. The highest BCUT2D eigenvalue weighted by Gasteiger charge is 2.66. The van der Waals surface area contributed by atoms with E-state index in [-0.39, 0.29) is 23.8 Å². The summed E-state index contributed by atoms with van der Waals surface area (Å²) in [4.78, 5) is 26.8. The van der Waals surface area contributed by atoms with Crippen molar-refractivity contribution in [1.29, 1.82) is 0 Å². The molecule has 1 aromatic carbocycles. The standard InChI is InChI=1S/C16H14BrNO3/c1-8-3-4-9(7-10(8)17)18-14(19)12-11-5-6-16(2,21-11)13(12)15(18)20/h3-7,11-13H,1-2H3/t11-,12-,13-,16-/m0/s1. The minimum absolute atomic E-state index is 0.154. The van der Waals surface area contributed by atoms with Crippen molar-refractivity contribution in [1.82, 2.24) is 0 Å². The van der Waals surface area contributed by atoms with E-state index in [1.807, 2.05) is 44.2 Å². The molecule has 0 N–H and O–H groups in total. The lowest BCUT2D eigenvalue weighted by atomic mass is 9.78. The predicted molar refractivity (Wildman–Crippen MR) is 80.8 cm³/mol. The maximum atomic E-state index is 12.8. The van der Waals surface area contributed by atoms with Gasteiger partial charge in [-0.2, -0.15) is 0 Å². The fraction of sp³-hybridized carbons (Fsp3) is 0.375. The Morgan fingerprint density at radius 2 is 2.05 bits per heavy atom. The number of fused-ring (bicyclic) bond motifs is 5. The molecule has 0 aliphatic carbocycles. The Morgan fingerprint density at radius 1 is 1.29 bits per heavy atom. The van der Waals surface area contributed by atoms with Gasteiger partial charge >= 0.3 is 0 Å². The number of hydrogen-bond acceptors (Lipinski definition) is 3. The van der Waals surface area contributed by atoms with Crippen LogP contribution in [-0.2, 0) is 14.3 Å². The number of benzene rings is 1. The molecule has 4 nitrogen and oxygen atoms in total. The summed E-state index contributed by atoms with van der Waals surface area (Å²) in [6, 6.07) is 5.54. The molecule has 3 aliphatic rings. The van der Waals surface area contributed by atoms with E-state index < -0.39 is 11.5 Å². The summed E-state index contributed by atoms with van der Waals surface area (Å²) in [6.07, 6.45) is 3.55. The normalized spacial score (nSPS) is 36.7. The van der Waals surface area contributed by atoms with Crippen molar-refractivity contribution in [2.45, 2.75) is 25.6 Å². The van der Waals surface area contributed by atoms with Gasteiger partial charge in [-0.25, -0.2) is 4.90 Å². The molecule has 0 unspecified atom stereocenters. The Bertz CT molecular complexity index is 713. The Labute approximate surface area is 130 Å². The molecule has 0 saturated carbocycles. The molecule has 1 aromatic rings. The lowest BCUT2D eigenvalue weighted by Crippen LogP contribution is -2.38. The molecular formula is C16H14BrNO3.